The van der Waals surface area contributed by atoms with E-state index >= 15 is 0 Å². The summed E-state index contributed by atoms with van der Waals surface area (Å²) in [6.07, 6.45) is 3.00. The van der Waals surface area contributed by atoms with Gasteiger partial charge in [0, 0.05) is 17.8 Å². The number of carbonyl (C=O) groups excluding carboxylic acids is 2. The molecular weight excluding hydrogens is 354 g/mol. The van der Waals surface area contributed by atoms with Crippen LogP contribution in [-0.4, -0.2) is 34.9 Å². The van der Waals surface area contributed by atoms with Crippen LogP contribution in [-0.2, 0) is 4.79 Å². The van der Waals surface area contributed by atoms with Crippen molar-refractivity contribution in [2.45, 2.75) is 19.8 Å². The molecule has 1 saturated heterocycles. The second-order valence-electron chi connectivity index (χ2n) is 6.18. The fourth-order valence-electron chi connectivity index (χ4n) is 2.77. The SMILES string of the molecule is Cc1ccc(NC(=O)C2CCNCC2)c(C(=O)Nc2ccc(Cl)cn2)n1. The number of nitrogens with zero attached hydrogens (tertiary/aromatic N) is 2. The minimum absolute atomic E-state index is 0.0635. The summed E-state index contributed by atoms with van der Waals surface area (Å²) in [5.41, 5.74) is 1.23. The second kappa shape index (κ2) is 8.25. The van der Waals surface area contributed by atoms with Crippen LogP contribution in [0.2, 0.25) is 5.02 Å². The molecule has 0 atom stereocenters. The van der Waals surface area contributed by atoms with Crippen molar-refractivity contribution >= 4 is 34.9 Å². The summed E-state index contributed by atoms with van der Waals surface area (Å²) in [5, 5.41) is 9.23. The van der Waals surface area contributed by atoms with E-state index in [0.29, 0.717) is 22.2 Å². The molecular formula is C18H20ClN5O2. The van der Waals surface area contributed by atoms with E-state index in [1.807, 2.05) is 0 Å². The number of rotatable bonds is 4. The molecule has 3 N–H and O–H groups in total. The van der Waals surface area contributed by atoms with E-state index in [1.165, 1.54) is 6.20 Å². The first-order chi connectivity index (χ1) is 12.5. The number of aryl methyl sites for hydroxylation is 1. The van der Waals surface area contributed by atoms with Gasteiger partial charge in [-0.2, -0.15) is 0 Å². The van der Waals surface area contributed by atoms with Crippen LogP contribution in [0.5, 0.6) is 0 Å². The van der Waals surface area contributed by atoms with Gasteiger partial charge in [0.25, 0.3) is 5.91 Å². The number of halogens is 1. The lowest BCUT2D eigenvalue weighted by Gasteiger charge is -2.22. The van der Waals surface area contributed by atoms with Gasteiger partial charge in [-0.15, -0.1) is 0 Å². The van der Waals surface area contributed by atoms with Crippen molar-refractivity contribution in [3.63, 3.8) is 0 Å². The number of hydrogen-bond acceptors (Lipinski definition) is 5. The Morgan fingerprint density at radius 1 is 1.15 bits per heavy atom. The van der Waals surface area contributed by atoms with E-state index in [1.54, 1.807) is 31.2 Å². The van der Waals surface area contributed by atoms with Gasteiger partial charge in [0.2, 0.25) is 5.91 Å². The van der Waals surface area contributed by atoms with Crippen LogP contribution in [0.25, 0.3) is 0 Å². The molecule has 0 aliphatic carbocycles. The highest BCUT2D eigenvalue weighted by Crippen LogP contribution is 2.20. The maximum absolute atomic E-state index is 12.6. The lowest BCUT2D eigenvalue weighted by Crippen LogP contribution is -2.35. The van der Waals surface area contributed by atoms with Gasteiger partial charge in [0.05, 0.1) is 10.7 Å². The summed E-state index contributed by atoms with van der Waals surface area (Å²) in [6.45, 7) is 3.43. The first kappa shape index (κ1) is 18.3. The van der Waals surface area contributed by atoms with Gasteiger partial charge in [-0.25, -0.2) is 9.97 Å². The zero-order valence-electron chi connectivity index (χ0n) is 14.4. The molecule has 0 unspecified atom stereocenters. The summed E-state index contributed by atoms with van der Waals surface area (Å²) in [6, 6.07) is 6.69. The van der Waals surface area contributed by atoms with E-state index in [-0.39, 0.29) is 17.5 Å². The summed E-state index contributed by atoms with van der Waals surface area (Å²) in [5.74, 6) is -0.232. The Morgan fingerprint density at radius 2 is 1.92 bits per heavy atom. The number of amides is 2. The molecule has 7 nitrogen and oxygen atoms in total. The van der Waals surface area contributed by atoms with E-state index < -0.39 is 5.91 Å². The Balaban J connectivity index is 1.77. The third-order valence-electron chi connectivity index (χ3n) is 4.19. The average Bonchev–Trinajstić information content (AvgIpc) is 2.65. The quantitative estimate of drug-likeness (QED) is 0.765. The number of pyridine rings is 2. The van der Waals surface area contributed by atoms with Crippen LogP contribution in [0.1, 0.15) is 29.0 Å². The summed E-state index contributed by atoms with van der Waals surface area (Å²) < 4.78 is 0. The Labute approximate surface area is 156 Å². The lowest BCUT2D eigenvalue weighted by atomic mass is 9.97. The zero-order valence-corrected chi connectivity index (χ0v) is 15.1. The molecule has 136 valence electrons. The van der Waals surface area contributed by atoms with Crippen molar-refractivity contribution in [1.29, 1.82) is 0 Å². The average molecular weight is 374 g/mol. The summed E-state index contributed by atoms with van der Waals surface area (Å²) >= 11 is 5.80. The van der Waals surface area contributed by atoms with Crippen molar-refractivity contribution in [1.82, 2.24) is 15.3 Å². The number of carbonyl (C=O) groups is 2. The first-order valence-corrected chi connectivity index (χ1v) is 8.83. The number of piperidine rings is 1. The van der Waals surface area contributed by atoms with Crippen LogP contribution in [0.15, 0.2) is 30.5 Å². The smallest absolute Gasteiger partial charge is 0.277 e. The highest BCUT2D eigenvalue weighted by atomic mass is 35.5. The van der Waals surface area contributed by atoms with Crippen LogP contribution < -0.4 is 16.0 Å². The Morgan fingerprint density at radius 3 is 2.62 bits per heavy atom. The normalized spacial score (nSPS) is 14.7. The molecule has 0 saturated carbocycles. The van der Waals surface area contributed by atoms with Gasteiger partial charge in [-0.05, 0) is 57.1 Å². The van der Waals surface area contributed by atoms with Crippen molar-refractivity contribution < 1.29 is 9.59 Å². The lowest BCUT2D eigenvalue weighted by molar-refractivity contribution is -0.120. The zero-order chi connectivity index (χ0) is 18.5. The topological polar surface area (TPSA) is 96.0 Å². The monoisotopic (exact) mass is 373 g/mol. The molecule has 0 aromatic carbocycles. The van der Waals surface area contributed by atoms with Gasteiger partial charge >= 0.3 is 0 Å². The first-order valence-electron chi connectivity index (χ1n) is 8.45. The van der Waals surface area contributed by atoms with Gasteiger partial charge in [-0.1, -0.05) is 11.6 Å². The fraction of sp³-hybridized carbons (Fsp3) is 0.333. The van der Waals surface area contributed by atoms with Crippen molar-refractivity contribution in [3.05, 3.63) is 46.9 Å². The standard InChI is InChI=1S/C18H20ClN5O2/c1-11-2-4-14(23-17(25)12-6-8-20-9-7-12)16(22-11)18(26)24-15-5-3-13(19)10-21-15/h2-5,10,12,20H,6-9H2,1H3,(H,23,25)(H,21,24,26). The Kier molecular flexibility index (Phi) is 5.80. The number of hydrogen-bond donors (Lipinski definition) is 3. The van der Waals surface area contributed by atoms with Crippen molar-refractivity contribution in [2.75, 3.05) is 23.7 Å². The molecule has 2 amide bonds. The number of nitrogens with one attached hydrogen (secondary N) is 3. The van der Waals surface area contributed by atoms with Crippen LogP contribution in [0, 0.1) is 12.8 Å². The number of aromatic nitrogens is 2. The third-order valence-corrected chi connectivity index (χ3v) is 4.41. The molecule has 3 rings (SSSR count). The molecule has 2 aromatic heterocycles. The number of anilines is 2. The molecule has 1 aliphatic rings. The molecule has 3 heterocycles. The van der Waals surface area contributed by atoms with Crippen molar-refractivity contribution in [3.8, 4) is 0 Å². The molecule has 1 aliphatic heterocycles. The predicted octanol–water partition coefficient (Wildman–Crippen LogP) is 2.63. The largest absolute Gasteiger partial charge is 0.324 e. The minimum Gasteiger partial charge on any atom is -0.324 e. The van der Waals surface area contributed by atoms with E-state index in [4.69, 9.17) is 11.6 Å². The molecule has 0 radical (unpaired) electrons. The highest BCUT2D eigenvalue weighted by molar-refractivity contribution is 6.30. The summed E-state index contributed by atoms with van der Waals surface area (Å²) in [7, 11) is 0. The minimum atomic E-state index is -0.441. The molecule has 8 heteroatoms. The highest BCUT2D eigenvalue weighted by Gasteiger charge is 2.23. The Bertz CT molecular complexity index is 804. The van der Waals surface area contributed by atoms with Gasteiger partial charge in [0.1, 0.15) is 5.82 Å². The predicted molar refractivity (Wildman–Crippen MR) is 100 cm³/mol. The van der Waals surface area contributed by atoms with Crippen LogP contribution >= 0.6 is 11.6 Å². The van der Waals surface area contributed by atoms with Gasteiger partial charge in [-0.3, -0.25) is 9.59 Å². The Hall–Kier alpha value is -2.51. The molecule has 0 bridgehead atoms. The molecule has 26 heavy (non-hydrogen) atoms. The molecule has 1 fully saturated rings. The molecule has 0 spiro atoms. The van der Waals surface area contributed by atoms with Crippen LogP contribution in [0.4, 0.5) is 11.5 Å². The molecule has 2 aromatic rings. The van der Waals surface area contributed by atoms with Gasteiger partial charge < -0.3 is 16.0 Å². The van der Waals surface area contributed by atoms with E-state index in [2.05, 4.69) is 25.9 Å². The second-order valence-corrected chi connectivity index (χ2v) is 6.61. The maximum atomic E-state index is 12.6. The summed E-state index contributed by atoms with van der Waals surface area (Å²) in [4.78, 5) is 33.5. The van der Waals surface area contributed by atoms with E-state index in [9.17, 15) is 9.59 Å². The fourth-order valence-corrected chi connectivity index (χ4v) is 2.89. The van der Waals surface area contributed by atoms with E-state index in [0.717, 1.165) is 25.9 Å². The van der Waals surface area contributed by atoms with Crippen molar-refractivity contribution in [2.24, 2.45) is 5.92 Å². The van der Waals surface area contributed by atoms with Gasteiger partial charge in [0.15, 0.2) is 5.69 Å². The third kappa shape index (κ3) is 4.56. The van der Waals surface area contributed by atoms with Crippen LogP contribution in [0.3, 0.4) is 0 Å². The maximum Gasteiger partial charge on any atom is 0.277 e.